The fourth-order valence-electron chi connectivity index (χ4n) is 0.240. The van der Waals surface area contributed by atoms with Crippen LogP contribution in [0.4, 0.5) is 13.2 Å². The van der Waals surface area contributed by atoms with Crippen molar-refractivity contribution in [2.45, 2.75) is 6.18 Å². The Morgan fingerprint density at radius 2 is 1.82 bits per heavy atom. The van der Waals surface area contributed by atoms with Crippen molar-refractivity contribution in [2.75, 3.05) is 0 Å². The summed E-state index contributed by atoms with van der Waals surface area (Å²) in [6.07, 6.45) is -4.89. The number of carbonyl (C=O) groups is 1. The van der Waals surface area contributed by atoms with E-state index in [4.69, 9.17) is 5.11 Å². The van der Waals surface area contributed by atoms with E-state index in [-0.39, 0.29) is 0 Å². The second-order valence-corrected chi connectivity index (χ2v) is 1.91. The molecular weight excluding hydrogens is 186 g/mol. The van der Waals surface area contributed by atoms with Crippen LogP contribution in [-0.2, 0) is 4.79 Å². The van der Waals surface area contributed by atoms with Gasteiger partial charge in [-0.3, -0.25) is 0 Å². The maximum absolute atomic E-state index is 11.5. The zero-order chi connectivity index (χ0) is 9.23. The quantitative estimate of drug-likeness (QED) is 0.606. The number of carboxylic acids is 1. The molecule has 0 aromatic heterocycles. The number of halogens is 4. The van der Waals surface area contributed by atoms with Crippen LogP contribution in [0.15, 0.2) is 10.7 Å². The molecule has 0 aliphatic rings. The summed E-state index contributed by atoms with van der Waals surface area (Å²) >= 11 is 4.69. The van der Waals surface area contributed by atoms with Gasteiger partial charge in [-0.25, -0.2) is 4.79 Å². The first kappa shape index (κ1) is 10.1. The van der Waals surface area contributed by atoms with Crippen LogP contribution in [0.25, 0.3) is 0 Å². The predicted molar refractivity (Wildman–Crippen MR) is 30.8 cm³/mol. The van der Waals surface area contributed by atoms with E-state index in [0.717, 1.165) is 0 Å². The monoisotopic (exact) mass is 189 g/mol. The van der Waals surface area contributed by atoms with Gasteiger partial charge in [0.25, 0.3) is 0 Å². The summed E-state index contributed by atoms with van der Waals surface area (Å²) in [6.45, 7) is 0. The smallest absolute Gasteiger partial charge is 0.432 e. The van der Waals surface area contributed by atoms with Crippen LogP contribution in [0.5, 0.6) is 0 Å². The summed E-state index contributed by atoms with van der Waals surface area (Å²) in [5, 5.41) is 6.53. The van der Waals surface area contributed by atoms with E-state index in [1.165, 1.54) is 0 Å². The van der Waals surface area contributed by atoms with Crippen molar-refractivity contribution < 1.29 is 23.1 Å². The highest BCUT2D eigenvalue weighted by atomic mass is 35.5. The number of rotatable bonds is 1. The van der Waals surface area contributed by atoms with E-state index in [2.05, 4.69) is 17.3 Å². The zero-order valence-electron chi connectivity index (χ0n) is 4.94. The summed E-state index contributed by atoms with van der Waals surface area (Å²) in [6, 6.07) is 0. The van der Waals surface area contributed by atoms with Gasteiger partial charge in [0.15, 0.2) is 5.03 Å². The van der Waals surface area contributed by atoms with Crippen LogP contribution in [0.2, 0.25) is 0 Å². The molecule has 0 amide bonds. The molecule has 0 fully saturated rings. The van der Waals surface area contributed by atoms with Crippen LogP contribution in [0.3, 0.4) is 0 Å². The van der Waals surface area contributed by atoms with Crippen molar-refractivity contribution in [2.24, 2.45) is 5.73 Å². The lowest BCUT2D eigenvalue weighted by molar-refractivity contribution is -0.133. The Morgan fingerprint density at radius 1 is 1.45 bits per heavy atom. The molecule has 3 nitrogen and oxygen atoms in total. The Bertz CT molecular complexity index is 210. The molecule has 0 aromatic carbocycles. The average Bonchev–Trinajstić information content (AvgIpc) is 1.82. The maximum Gasteiger partial charge on any atom is 0.432 e. The number of aliphatic carboxylic acids is 1. The third-order valence-corrected chi connectivity index (χ3v) is 1.09. The molecule has 0 radical (unpaired) electrons. The van der Waals surface area contributed by atoms with Crippen molar-refractivity contribution in [3.63, 3.8) is 0 Å². The largest absolute Gasteiger partial charge is 0.477 e. The van der Waals surface area contributed by atoms with E-state index in [9.17, 15) is 18.0 Å². The molecule has 0 heterocycles. The van der Waals surface area contributed by atoms with E-state index in [1.54, 1.807) is 0 Å². The maximum atomic E-state index is 11.5. The molecule has 11 heavy (non-hydrogen) atoms. The van der Waals surface area contributed by atoms with Crippen molar-refractivity contribution in [3.05, 3.63) is 10.7 Å². The summed E-state index contributed by atoms with van der Waals surface area (Å²) in [5.74, 6) is -1.90. The number of allylic oxidation sites excluding steroid dienone is 1. The minimum atomic E-state index is -4.89. The summed E-state index contributed by atoms with van der Waals surface area (Å²) in [4.78, 5) is 9.82. The highest BCUT2D eigenvalue weighted by Gasteiger charge is 2.35. The second kappa shape index (κ2) is 3.00. The predicted octanol–water partition coefficient (Wildman–Crippen LogP) is 1.04. The number of hydrogen-bond donors (Lipinski definition) is 2. The van der Waals surface area contributed by atoms with Gasteiger partial charge in [-0.1, -0.05) is 11.6 Å². The Kier molecular flexibility index (Phi) is 2.75. The highest BCUT2D eigenvalue weighted by molar-refractivity contribution is 6.41. The number of carboxylic acid groups (broad SMARTS) is 1. The van der Waals surface area contributed by atoms with Gasteiger partial charge in [-0.2, -0.15) is 13.2 Å². The fourth-order valence-corrected chi connectivity index (χ4v) is 0.347. The normalized spacial score (nSPS) is 14.2. The third-order valence-electron chi connectivity index (χ3n) is 0.730. The number of alkyl halides is 3. The van der Waals surface area contributed by atoms with Crippen molar-refractivity contribution >= 4 is 17.6 Å². The molecule has 7 heteroatoms. The topological polar surface area (TPSA) is 63.3 Å². The van der Waals surface area contributed by atoms with Crippen molar-refractivity contribution in [1.82, 2.24) is 0 Å². The molecule has 0 aliphatic carbocycles. The summed E-state index contributed by atoms with van der Waals surface area (Å²) < 4.78 is 34.6. The Balaban J connectivity index is 4.82. The molecule has 0 aliphatic heterocycles. The van der Waals surface area contributed by atoms with E-state index in [0.29, 0.717) is 0 Å². The second-order valence-electron chi connectivity index (χ2n) is 1.53. The fraction of sp³-hybridized carbons (Fsp3) is 0.250. The van der Waals surface area contributed by atoms with Crippen LogP contribution < -0.4 is 5.73 Å². The highest BCUT2D eigenvalue weighted by Crippen LogP contribution is 2.25. The van der Waals surface area contributed by atoms with E-state index in [1.807, 2.05) is 0 Å². The first-order valence-corrected chi connectivity index (χ1v) is 2.60. The Morgan fingerprint density at radius 3 is 1.91 bits per heavy atom. The molecule has 0 atom stereocenters. The molecule has 0 spiro atoms. The standard InChI is InChI=1S/C4H3ClF3NO2/c5-1(3(10)11)2(9)4(6,7)8/h9H2,(H,10,11)/b2-1+. The minimum Gasteiger partial charge on any atom is -0.477 e. The van der Waals surface area contributed by atoms with Crippen LogP contribution in [0.1, 0.15) is 0 Å². The van der Waals surface area contributed by atoms with Gasteiger partial charge in [0.1, 0.15) is 5.70 Å². The molecule has 0 bridgehead atoms. The van der Waals surface area contributed by atoms with Crippen LogP contribution >= 0.6 is 11.6 Å². The lowest BCUT2D eigenvalue weighted by Crippen LogP contribution is -2.22. The molecule has 0 unspecified atom stereocenters. The average molecular weight is 190 g/mol. The van der Waals surface area contributed by atoms with Crippen molar-refractivity contribution in [1.29, 1.82) is 0 Å². The van der Waals surface area contributed by atoms with Gasteiger partial charge in [-0.05, 0) is 0 Å². The molecule has 0 saturated carbocycles. The Labute approximate surface area is 64.2 Å². The SMILES string of the molecule is N/C(=C(/Cl)C(=O)O)C(F)(F)F. The zero-order valence-corrected chi connectivity index (χ0v) is 5.70. The van der Waals surface area contributed by atoms with Crippen LogP contribution in [-0.4, -0.2) is 17.3 Å². The number of nitrogens with two attached hydrogens (primary N) is 1. The summed E-state index contributed by atoms with van der Waals surface area (Å²) in [5.41, 5.74) is 2.54. The van der Waals surface area contributed by atoms with E-state index >= 15 is 0 Å². The molecule has 3 N–H and O–H groups in total. The summed E-state index contributed by atoms with van der Waals surface area (Å²) in [7, 11) is 0. The van der Waals surface area contributed by atoms with Gasteiger partial charge < -0.3 is 10.8 Å². The number of hydrogen-bond acceptors (Lipinski definition) is 2. The van der Waals surface area contributed by atoms with Gasteiger partial charge in [0.2, 0.25) is 0 Å². The van der Waals surface area contributed by atoms with E-state index < -0.39 is 22.9 Å². The van der Waals surface area contributed by atoms with Crippen molar-refractivity contribution in [3.8, 4) is 0 Å². The minimum absolute atomic E-state index is 1.42. The van der Waals surface area contributed by atoms with Crippen LogP contribution in [0, 0.1) is 0 Å². The lowest BCUT2D eigenvalue weighted by Gasteiger charge is -2.05. The molecule has 0 rings (SSSR count). The van der Waals surface area contributed by atoms with Gasteiger partial charge >= 0.3 is 12.1 Å². The first-order chi connectivity index (χ1) is 4.76. The molecule has 64 valence electrons. The van der Waals surface area contributed by atoms with Gasteiger partial charge in [0.05, 0.1) is 0 Å². The van der Waals surface area contributed by atoms with Gasteiger partial charge in [0, 0.05) is 0 Å². The lowest BCUT2D eigenvalue weighted by atomic mass is 10.4. The third kappa shape index (κ3) is 2.67. The van der Waals surface area contributed by atoms with Gasteiger partial charge in [-0.15, -0.1) is 0 Å². The molecular formula is C4H3ClF3NO2. The first-order valence-electron chi connectivity index (χ1n) is 2.22. The molecule has 0 saturated heterocycles. The molecule has 0 aromatic rings. The Hall–Kier alpha value is -0.910.